The number of nitriles is 1. The summed E-state index contributed by atoms with van der Waals surface area (Å²) in [4.78, 5) is 12.1. The molecule has 0 radical (unpaired) electrons. The largest absolute Gasteiger partial charge is 0.496 e. The van der Waals surface area contributed by atoms with E-state index in [0.717, 1.165) is 12.0 Å². The predicted molar refractivity (Wildman–Crippen MR) is 88.0 cm³/mol. The van der Waals surface area contributed by atoms with Crippen LogP contribution in [0.15, 0.2) is 54.1 Å². The first-order valence-corrected chi connectivity index (χ1v) is 7.24. The molecule has 0 atom stereocenters. The molecule has 23 heavy (non-hydrogen) atoms. The smallest absolute Gasteiger partial charge is 0.354 e. The minimum atomic E-state index is -0.692. The van der Waals surface area contributed by atoms with Gasteiger partial charge in [0.05, 0.1) is 7.11 Å². The summed E-state index contributed by atoms with van der Waals surface area (Å²) in [7, 11) is 1.53. The fraction of sp³-hybridized carbons (Fsp3) is 0.158. The minimum Gasteiger partial charge on any atom is -0.496 e. The Hall–Kier alpha value is -3.06. The van der Waals surface area contributed by atoms with E-state index in [-0.39, 0.29) is 5.57 Å². The van der Waals surface area contributed by atoms with Gasteiger partial charge in [-0.05, 0) is 36.3 Å². The molecule has 2 aromatic carbocycles. The Morgan fingerprint density at radius 1 is 1.17 bits per heavy atom. The highest BCUT2D eigenvalue weighted by molar-refractivity contribution is 5.99. The number of para-hydroxylation sites is 1. The summed E-state index contributed by atoms with van der Waals surface area (Å²) in [5.41, 5.74) is 1.70. The SMILES string of the molecule is CCc1ccc(OC(=O)/C(C#N)=C/c2ccccc2OC)cc1. The molecule has 2 aromatic rings. The zero-order valence-electron chi connectivity index (χ0n) is 13.1. The van der Waals surface area contributed by atoms with Gasteiger partial charge in [-0.3, -0.25) is 0 Å². The van der Waals surface area contributed by atoms with Crippen LogP contribution in [-0.2, 0) is 11.2 Å². The number of rotatable bonds is 5. The molecule has 0 saturated heterocycles. The van der Waals surface area contributed by atoms with Gasteiger partial charge in [0, 0.05) is 5.56 Å². The normalized spacial score (nSPS) is 10.7. The van der Waals surface area contributed by atoms with Crippen LogP contribution in [0.25, 0.3) is 6.08 Å². The van der Waals surface area contributed by atoms with E-state index in [1.165, 1.54) is 13.2 Å². The molecular formula is C19H17NO3. The van der Waals surface area contributed by atoms with Crippen molar-refractivity contribution in [3.63, 3.8) is 0 Å². The minimum absolute atomic E-state index is 0.0888. The van der Waals surface area contributed by atoms with Crippen molar-refractivity contribution in [1.82, 2.24) is 0 Å². The van der Waals surface area contributed by atoms with Gasteiger partial charge in [0.2, 0.25) is 0 Å². The Kier molecular flexibility index (Phi) is 5.54. The predicted octanol–water partition coefficient (Wildman–Crippen LogP) is 3.77. The van der Waals surface area contributed by atoms with Crippen molar-refractivity contribution in [1.29, 1.82) is 5.26 Å². The summed E-state index contributed by atoms with van der Waals surface area (Å²) >= 11 is 0. The van der Waals surface area contributed by atoms with Gasteiger partial charge in [0.25, 0.3) is 0 Å². The fourth-order valence-electron chi connectivity index (χ4n) is 2.03. The Morgan fingerprint density at radius 3 is 2.48 bits per heavy atom. The van der Waals surface area contributed by atoms with Crippen molar-refractivity contribution in [3.05, 3.63) is 65.2 Å². The third kappa shape index (κ3) is 4.21. The molecule has 4 nitrogen and oxygen atoms in total. The maximum absolute atomic E-state index is 12.1. The highest BCUT2D eigenvalue weighted by Gasteiger charge is 2.13. The number of hydrogen-bond acceptors (Lipinski definition) is 4. The lowest BCUT2D eigenvalue weighted by Crippen LogP contribution is -2.10. The van der Waals surface area contributed by atoms with Gasteiger partial charge < -0.3 is 9.47 Å². The molecule has 116 valence electrons. The van der Waals surface area contributed by atoms with Crippen LogP contribution in [0.1, 0.15) is 18.1 Å². The Labute approximate surface area is 135 Å². The maximum atomic E-state index is 12.1. The number of carbonyl (C=O) groups excluding carboxylic acids is 1. The molecular weight excluding hydrogens is 290 g/mol. The Balaban J connectivity index is 2.21. The zero-order valence-corrected chi connectivity index (χ0v) is 13.1. The van der Waals surface area contributed by atoms with Crippen molar-refractivity contribution in [2.75, 3.05) is 7.11 Å². The van der Waals surface area contributed by atoms with E-state index in [1.54, 1.807) is 30.3 Å². The van der Waals surface area contributed by atoms with Gasteiger partial charge in [0.1, 0.15) is 23.1 Å². The van der Waals surface area contributed by atoms with Crippen molar-refractivity contribution in [2.45, 2.75) is 13.3 Å². The average Bonchev–Trinajstić information content (AvgIpc) is 2.60. The Morgan fingerprint density at radius 2 is 1.87 bits per heavy atom. The molecule has 0 heterocycles. The van der Waals surface area contributed by atoms with Crippen LogP contribution >= 0.6 is 0 Å². The molecule has 4 heteroatoms. The van der Waals surface area contributed by atoms with Gasteiger partial charge >= 0.3 is 5.97 Å². The monoisotopic (exact) mass is 307 g/mol. The van der Waals surface area contributed by atoms with Gasteiger partial charge in [0.15, 0.2) is 0 Å². The molecule has 0 unspecified atom stereocenters. The summed E-state index contributed by atoms with van der Waals surface area (Å²) < 4.78 is 10.5. The number of esters is 1. The van der Waals surface area contributed by atoms with Gasteiger partial charge in [-0.15, -0.1) is 0 Å². The fourth-order valence-corrected chi connectivity index (χ4v) is 2.03. The van der Waals surface area contributed by atoms with Crippen LogP contribution in [0.4, 0.5) is 0 Å². The molecule has 0 spiro atoms. The lowest BCUT2D eigenvalue weighted by molar-refractivity contribution is -0.129. The molecule has 0 saturated carbocycles. The summed E-state index contributed by atoms with van der Waals surface area (Å²) in [6, 6.07) is 16.2. The maximum Gasteiger partial charge on any atom is 0.354 e. The first-order valence-electron chi connectivity index (χ1n) is 7.24. The van der Waals surface area contributed by atoms with Crippen LogP contribution < -0.4 is 9.47 Å². The van der Waals surface area contributed by atoms with Crippen molar-refractivity contribution < 1.29 is 14.3 Å². The molecule has 0 amide bonds. The van der Waals surface area contributed by atoms with Gasteiger partial charge in [-0.2, -0.15) is 5.26 Å². The number of carbonyl (C=O) groups is 1. The highest BCUT2D eigenvalue weighted by atomic mass is 16.5. The summed E-state index contributed by atoms with van der Waals surface area (Å²) in [5, 5.41) is 9.22. The number of hydrogen-bond donors (Lipinski definition) is 0. The van der Waals surface area contributed by atoms with E-state index in [4.69, 9.17) is 9.47 Å². The molecule has 0 aliphatic heterocycles. The van der Waals surface area contributed by atoms with Gasteiger partial charge in [-0.1, -0.05) is 37.3 Å². The van der Waals surface area contributed by atoms with Crippen molar-refractivity contribution >= 4 is 12.0 Å². The second kappa shape index (κ2) is 7.81. The van der Waals surface area contributed by atoms with E-state index in [2.05, 4.69) is 0 Å². The molecule has 0 aromatic heterocycles. The standard InChI is InChI=1S/C19H17NO3/c1-3-14-8-10-17(11-9-14)23-19(21)16(13-20)12-15-6-4-5-7-18(15)22-2/h4-12H,3H2,1-2H3/b16-12+. The first kappa shape index (κ1) is 16.3. The second-order valence-electron chi connectivity index (χ2n) is 4.80. The molecule has 0 fully saturated rings. The summed E-state index contributed by atoms with van der Waals surface area (Å²) in [6.07, 6.45) is 2.37. The van der Waals surface area contributed by atoms with Crippen LogP contribution in [0.3, 0.4) is 0 Å². The average molecular weight is 307 g/mol. The molecule has 2 rings (SSSR count). The highest BCUT2D eigenvalue weighted by Crippen LogP contribution is 2.21. The lowest BCUT2D eigenvalue weighted by atomic mass is 10.1. The number of aryl methyl sites for hydroxylation is 1. The molecule has 0 N–H and O–H groups in total. The lowest BCUT2D eigenvalue weighted by Gasteiger charge is -2.06. The number of ether oxygens (including phenoxy) is 2. The third-order valence-electron chi connectivity index (χ3n) is 3.32. The third-order valence-corrected chi connectivity index (χ3v) is 3.32. The van der Waals surface area contributed by atoms with Crippen molar-refractivity contribution in [3.8, 4) is 17.6 Å². The molecule has 0 aliphatic carbocycles. The number of benzene rings is 2. The van der Waals surface area contributed by atoms with E-state index in [0.29, 0.717) is 17.1 Å². The van der Waals surface area contributed by atoms with E-state index in [1.807, 2.05) is 31.2 Å². The number of nitrogens with zero attached hydrogens (tertiary/aromatic N) is 1. The topological polar surface area (TPSA) is 59.3 Å². The Bertz CT molecular complexity index is 755. The van der Waals surface area contributed by atoms with Crippen LogP contribution in [0.2, 0.25) is 0 Å². The van der Waals surface area contributed by atoms with Gasteiger partial charge in [-0.25, -0.2) is 4.79 Å². The van der Waals surface area contributed by atoms with Crippen LogP contribution in [0, 0.1) is 11.3 Å². The van der Waals surface area contributed by atoms with E-state index < -0.39 is 5.97 Å². The van der Waals surface area contributed by atoms with Crippen LogP contribution in [-0.4, -0.2) is 13.1 Å². The summed E-state index contributed by atoms with van der Waals surface area (Å²) in [5.74, 6) is 0.302. The van der Waals surface area contributed by atoms with Crippen molar-refractivity contribution in [2.24, 2.45) is 0 Å². The zero-order chi connectivity index (χ0) is 16.7. The molecule has 0 aliphatic rings. The quantitative estimate of drug-likeness (QED) is 0.365. The first-order chi connectivity index (χ1) is 11.2. The number of methoxy groups -OCH3 is 1. The molecule has 0 bridgehead atoms. The van der Waals surface area contributed by atoms with Crippen LogP contribution in [0.5, 0.6) is 11.5 Å². The second-order valence-corrected chi connectivity index (χ2v) is 4.80. The van der Waals surface area contributed by atoms with E-state index in [9.17, 15) is 10.1 Å². The van der Waals surface area contributed by atoms with E-state index >= 15 is 0 Å². The summed E-state index contributed by atoms with van der Waals surface area (Å²) in [6.45, 7) is 2.05.